The number of ether oxygens (including phenoxy) is 2. The maximum absolute atomic E-state index is 13.8. The minimum absolute atomic E-state index is 0.00304. The molecular weight excluding hydrogens is 572 g/mol. The number of rotatable bonds is 5. The number of hydrogen-bond acceptors (Lipinski definition) is 9. The molecule has 234 valence electrons. The number of carbonyl (C=O) groups is 2. The SMILES string of the molecule is C[C@]12C=CC(=O)C=C1CC[C@@H]1[C@@H]2[C@@H](O)C[C@@]2(C)[C@H]1C[C@H]1O[C@@H](c3ccc(Cc4cc(N)cc5ncoc45)cc3)O[C@]12C(=O)CO. The number of Topliss-reactive ketones (excluding diaryl/α,β-unsaturated/α-hetero) is 1. The van der Waals surface area contributed by atoms with E-state index in [0.717, 1.165) is 40.6 Å². The quantitative estimate of drug-likeness (QED) is 0.353. The van der Waals surface area contributed by atoms with Crippen LogP contribution in [0.1, 0.15) is 62.5 Å². The highest BCUT2D eigenvalue weighted by Gasteiger charge is 2.75. The van der Waals surface area contributed by atoms with Crippen molar-refractivity contribution in [2.24, 2.45) is 28.6 Å². The lowest BCUT2D eigenvalue weighted by molar-refractivity contribution is -0.201. The van der Waals surface area contributed by atoms with Crippen LogP contribution in [-0.4, -0.2) is 51.2 Å². The molecule has 9 atom stereocenters. The van der Waals surface area contributed by atoms with Crippen LogP contribution >= 0.6 is 0 Å². The van der Waals surface area contributed by atoms with Crippen molar-refractivity contribution >= 4 is 28.4 Å². The number of aliphatic hydroxyl groups excluding tert-OH is 2. The molecule has 2 aromatic carbocycles. The van der Waals surface area contributed by atoms with E-state index in [9.17, 15) is 19.8 Å². The number of fused-ring (bicyclic) bond motifs is 8. The molecule has 9 nitrogen and oxygen atoms in total. The fourth-order valence-corrected chi connectivity index (χ4v) is 10.0. The van der Waals surface area contributed by atoms with Crippen LogP contribution in [-0.2, 0) is 25.5 Å². The van der Waals surface area contributed by atoms with Gasteiger partial charge in [-0.2, -0.15) is 0 Å². The van der Waals surface area contributed by atoms with Crippen molar-refractivity contribution in [2.75, 3.05) is 12.3 Å². The number of carbonyl (C=O) groups excluding carboxylic acids is 2. The zero-order chi connectivity index (χ0) is 31.3. The van der Waals surface area contributed by atoms with Crippen molar-refractivity contribution in [3.63, 3.8) is 0 Å². The summed E-state index contributed by atoms with van der Waals surface area (Å²) in [4.78, 5) is 30.2. The number of anilines is 1. The fraction of sp³-hybridized carbons (Fsp3) is 0.472. The lowest BCUT2D eigenvalue weighted by Crippen LogP contribution is -2.63. The van der Waals surface area contributed by atoms with Gasteiger partial charge in [0, 0.05) is 40.0 Å². The second-order valence-electron chi connectivity index (χ2n) is 14.1. The van der Waals surface area contributed by atoms with Crippen molar-refractivity contribution in [2.45, 2.75) is 70.1 Å². The molecule has 0 unspecified atom stereocenters. The molecule has 0 spiro atoms. The molecule has 0 radical (unpaired) electrons. The van der Waals surface area contributed by atoms with Crippen LogP contribution in [0.3, 0.4) is 0 Å². The van der Waals surface area contributed by atoms with Gasteiger partial charge in [0.2, 0.25) is 0 Å². The maximum Gasteiger partial charge on any atom is 0.193 e. The van der Waals surface area contributed by atoms with Gasteiger partial charge in [-0.3, -0.25) is 9.59 Å². The Morgan fingerprint density at radius 3 is 2.76 bits per heavy atom. The minimum atomic E-state index is -1.38. The summed E-state index contributed by atoms with van der Waals surface area (Å²) >= 11 is 0. The van der Waals surface area contributed by atoms with Crippen LogP contribution in [0.25, 0.3) is 11.1 Å². The molecular formula is C36H38N2O7. The van der Waals surface area contributed by atoms with E-state index in [2.05, 4.69) is 11.9 Å². The monoisotopic (exact) mass is 610 g/mol. The Morgan fingerprint density at radius 1 is 1.18 bits per heavy atom. The zero-order valence-electron chi connectivity index (χ0n) is 25.4. The van der Waals surface area contributed by atoms with Gasteiger partial charge >= 0.3 is 0 Å². The number of nitrogens with two attached hydrogens (primary N) is 1. The second kappa shape index (κ2) is 9.93. The second-order valence-corrected chi connectivity index (χ2v) is 14.1. The predicted molar refractivity (Wildman–Crippen MR) is 165 cm³/mol. The van der Waals surface area contributed by atoms with E-state index in [-0.39, 0.29) is 23.5 Å². The van der Waals surface area contributed by atoms with Crippen LogP contribution in [0.2, 0.25) is 0 Å². The standard InChI is InChI=1S/C36H38N2O7/c1-34-10-9-24(40)13-22(34)7-8-25-26-15-30-36(29(42)17-39,35(26,2)16-28(41)31(25)34)45-33(44-30)20-5-3-19(4-6-20)11-21-12-23(37)14-27-32(21)43-18-38-27/h3-6,9-10,12-14,18,25-26,28,30-31,33,39,41H,7-8,11,15-17,37H2,1-2H3/t25-,26-,28-,30+,31+,33+,34-,35-,36+/m0/s1. The topological polar surface area (TPSA) is 145 Å². The molecule has 5 aliphatic rings. The predicted octanol–water partition coefficient (Wildman–Crippen LogP) is 4.60. The van der Waals surface area contributed by atoms with Gasteiger partial charge in [-0.1, -0.05) is 49.8 Å². The smallest absolute Gasteiger partial charge is 0.193 e. The Bertz CT molecular complexity index is 1780. The highest BCUT2D eigenvalue weighted by Crippen LogP contribution is 2.70. The van der Waals surface area contributed by atoms with Crippen LogP contribution in [0.4, 0.5) is 5.69 Å². The average Bonchev–Trinajstić information content (AvgIpc) is 3.70. The molecule has 1 saturated heterocycles. The average molecular weight is 611 g/mol. The summed E-state index contributed by atoms with van der Waals surface area (Å²) in [6.45, 7) is 3.51. The molecule has 9 heteroatoms. The molecule has 4 N–H and O–H groups in total. The Morgan fingerprint density at radius 2 is 1.98 bits per heavy atom. The molecule has 4 aliphatic carbocycles. The van der Waals surface area contributed by atoms with Crippen molar-refractivity contribution in [1.82, 2.24) is 4.98 Å². The number of ketones is 2. The number of aromatic nitrogens is 1. The van der Waals surface area contributed by atoms with E-state index in [1.54, 1.807) is 18.2 Å². The molecule has 3 aromatic rings. The Balaban J connectivity index is 1.08. The number of allylic oxidation sites excluding steroid dienone is 4. The normalized spacial score (nSPS) is 38.4. The maximum atomic E-state index is 13.8. The van der Waals surface area contributed by atoms with E-state index in [4.69, 9.17) is 19.6 Å². The Hall–Kier alpha value is -3.63. The lowest BCUT2D eigenvalue weighted by atomic mass is 9.46. The van der Waals surface area contributed by atoms with Crippen LogP contribution in [0.15, 0.2) is 71.0 Å². The molecule has 0 bridgehead atoms. The molecule has 4 fully saturated rings. The fourth-order valence-electron chi connectivity index (χ4n) is 10.0. The Kier molecular flexibility index (Phi) is 6.36. The number of nitrogen functional groups attached to an aromatic ring is 1. The van der Waals surface area contributed by atoms with E-state index in [0.29, 0.717) is 30.5 Å². The lowest BCUT2D eigenvalue weighted by Gasteiger charge is -2.59. The summed E-state index contributed by atoms with van der Waals surface area (Å²) in [5, 5.41) is 22.1. The number of nitrogens with zero attached hydrogens (tertiary/aromatic N) is 1. The summed E-state index contributed by atoms with van der Waals surface area (Å²) in [5.74, 6) is -0.324. The largest absolute Gasteiger partial charge is 0.443 e. The Labute approximate surface area is 261 Å². The first-order valence-electron chi connectivity index (χ1n) is 15.9. The van der Waals surface area contributed by atoms with Crippen molar-refractivity contribution < 1.29 is 33.7 Å². The summed E-state index contributed by atoms with van der Waals surface area (Å²) in [6.07, 6.45) is 7.84. The van der Waals surface area contributed by atoms with Gasteiger partial charge in [-0.05, 0) is 67.4 Å². The van der Waals surface area contributed by atoms with E-state index < -0.39 is 47.3 Å². The summed E-state index contributed by atoms with van der Waals surface area (Å²) in [7, 11) is 0. The van der Waals surface area contributed by atoms with Gasteiger partial charge in [-0.15, -0.1) is 0 Å². The molecule has 3 saturated carbocycles. The third-order valence-corrected chi connectivity index (χ3v) is 12.0. The molecule has 0 amide bonds. The van der Waals surface area contributed by atoms with Crippen molar-refractivity contribution in [3.8, 4) is 0 Å². The van der Waals surface area contributed by atoms with Gasteiger partial charge in [-0.25, -0.2) is 4.98 Å². The van der Waals surface area contributed by atoms with Gasteiger partial charge in [0.1, 0.15) is 12.1 Å². The van der Waals surface area contributed by atoms with Gasteiger partial charge in [0.05, 0.1) is 12.2 Å². The van der Waals surface area contributed by atoms with Gasteiger partial charge < -0.3 is 29.8 Å². The van der Waals surface area contributed by atoms with Crippen LogP contribution in [0.5, 0.6) is 0 Å². The minimum Gasteiger partial charge on any atom is -0.443 e. The third kappa shape index (κ3) is 3.97. The summed E-state index contributed by atoms with van der Waals surface area (Å²) in [5.41, 5.74) is 9.43. The van der Waals surface area contributed by atoms with E-state index >= 15 is 0 Å². The van der Waals surface area contributed by atoms with E-state index in [1.165, 1.54) is 6.39 Å². The first-order valence-corrected chi connectivity index (χ1v) is 15.9. The van der Waals surface area contributed by atoms with Crippen LogP contribution < -0.4 is 5.73 Å². The van der Waals surface area contributed by atoms with Gasteiger partial charge in [0.15, 0.2) is 35.4 Å². The van der Waals surface area contributed by atoms with Crippen LogP contribution in [0, 0.1) is 28.6 Å². The summed E-state index contributed by atoms with van der Waals surface area (Å²) in [6, 6.07) is 11.6. The number of benzene rings is 2. The zero-order valence-corrected chi connectivity index (χ0v) is 25.4. The first kappa shape index (κ1) is 28.8. The summed E-state index contributed by atoms with van der Waals surface area (Å²) < 4.78 is 18.9. The van der Waals surface area contributed by atoms with Crippen molar-refractivity contribution in [1.29, 1.82) is 0 Å². The highest BCUT2D eigenvalue weighted by molar-refractivity contribution is 6.01. The third-order valence-electron chi connectivity index (χ3n) is 12.0. The molecule has 45 heavy (non-hydrogen) atoms. The van der Waals surface area contributed by atoms with Gasteiger partial charge in [0.25, 0.3) is 0 Å². The number of aliphatic hydroxyl groups is 2. The number of oxazole rings is 1. The molecule has 8 rings (SSSR count). The molecule has 1 aromatic heterocycles. The van der Waals surface area contributed by atoms with E-state index in [1.807, 2.05) is 43.3 Å². The number of hydrogen-bond donors (Lipinski definition) is 3. The molecule has 1 aliphatic heterocycles. The molecule has 2 heterocycles. The first-order chi connectivity index (χ1) is 21.6. The highest BCUT2D eigenvalue weighted by atomic mass is 16.7. The van der Waals surface area contributed by atoms with Crippen molar-refractivity contribution in [3.05, 3.63) is 83.3 Å².